The fraction of sp³-hybridized carbons (Fsp3) is 1.00. The van der Waals surface area contributed by atoms with Crippen LogP contribution in [0.5, 0.6) is 0 Å². The Morgan fingerprint density at radius 3 is 2.00 bits per heavy atom. The van der Waals surface area contributed by atoms with Crippen LogP contribution in [0.4, 0.5) is 0 Å². The first-order chi connectivity index (χ1) is 8.58. The summed E-state index contributed by atoms with van der Waals surface area (Å²) in [5, 5.41) is 0. The molecule has 0 saturated carbocycles. The van der Waals surface area contributed by atoms with E-state index in [0.29, 0.717) is 0 Å². The summed E-state index contributed by atoms with van der Waals surface area (Å²) in [6, 6.07) is 0. The van der Waals surface area contributed by atoms with Crippen LogP contribution in [0.2, 0.25) is 0 Å². The molecule has 18 heavy (non-hydrogen) atoms. The number of hydrogen-bond donors (Lipinski definition) is 0. The zero-order chi connectivity index (χ0) is 13.9. The molecule has 2 nitrogen and oxygen atoms in total. The Labute approximate surface area is 119 Å². The highest BCUT2D eigenvalue weighted by atomic mass is 32.2. The molecule has 0 amide bonds. The van der Waals surface area contributed by atoms with Crippen molar-refractivity contribution in [2.45, 2.75) is 39.5 Å². The van der Waals surface area contributed by atoms with E-state index in [1.54, 1.807) is 0 Å². The molecule has 110 valence electrons. The predicted molar refractivity (Wildman–Crippen MR) is 87.9 cm³/mol. The maximum atomic E-state index is 12.9. The summed E-state index contributed by atoms with van der Waals surface area (Å²) >= 11 is 1.88. The van der Waals surface area contributed by atoms with Gasteiger partial charge in [-0.1, -0.05) is 26.7 Å². The van der Waals surface area contributed by atoms with Crippen LogP contribution in [0.25, 0.3) is 0 Å². The minimum Gasteiger partial charge on any atom is -0.324 e. The molecule has 0 aromatic rings. The van der Waals surface area contributed by atoms with Crippen LogP contribution in [0, 0.1) is 0 Å². The van der Waals surface area contributed by atoms with Gasteiger partial charge >= 0.3 is 0 Å². The van der Waals surface area contributed by atoms with Crippen molar-refractivity contribution in [2.75, 3.05) is 50.6 Å². The standard InChI is InChI=1S/C14H32NOPS/c1-5-7-11-17(16,12-8-6-2)13-9-15(3)10-14-18-4/h5-14H2,1-4H3. The molecule has 0 aliphatic heterocycles. The van der Waals surface area contributed by atoms with Crippen molar-refractivity contribution in [3.8, 4) is 0 Å². The Balaban J connectivity index is 4.09. The van der Waals surface area contributed by atoms with E-state index in [4.69, 9.17) is 0 Å². The molecule has 0 rings (SSSR count). The van der Waals surface area contributed by atoms with Gasteiger partial charge < -0.3 is 9.46 Å². The quantitative estimate of drug-likeness (QED) is 0.502. The zero-order valence-electron chi connectivity index (χ0n) is 12.8. The average Bonchev–Trinajstić information content (AvgIpc) is 2.38. The van der Waals surface area contributed by atoms with Gasteiger partial charge in [-0.3, -0.25) is 0 Å². The third-order valence-electron chi connectivity index (χ3n) is 3.40. The van der Waals surface area contributed by atoms with Crippen molar-refractivity contribution in [1.29, 1.82) is 0 Å². The molecule has 0 N–H and O–H groups in total. The molecule has 0 aliphatic carbocycles. The first-order valence-corrected chi connectivity index (χ1v) is 11.0. The molecule has 0 saturated heterocycles. The lowest BCUT2D eigenvalue weighted by atomic mass is 10.4. The van der Waals surface area contributed by atoms with E-state index >= 15 is 0 Å². The highest BCUT2D eigenvalue weighted by molar-refractivity contribution is 7.98. The molecule has 0 fully saturated rings. The SMILES string of the molecule is CCCCP(=O)(CCCC)CCN(C)CCSC. The Kier molecular flexibility index (Phi) is 11.7. The minimum atomic E-state index is -1.89. The van der Waals surface area contributed by atoms with Gasteiger partial charge in [0.25, 0.3) is 0 Å². The van der Waals surface area contributed by atoms with Gasteiger partial charge in [0.15, 0.2) is 0 Å². The summed E-state index contributed by atoms with van der Waals surface area (Å²) in [5.41, 5.74) is 0. The second-order valence-electron chi connectivity index (χ2n) is 5.23. The van der Waals surface area contributed by atoms with E-state index in [2.05, 4.69) is 32.1 Å². The molecule has 0 aromatic heterocycles. The van der Waals surface area contributed by atoms with Gasteiger partial charge in [-0.25, -0.2) is 0 Å². The fourth-order valence-electron chi connectivity index (χ4n) is 1.94. The number of hydrogen-bond acceptors (Lipinski definition) is 3. The molecular weight excluding hydrogens is 261 g/mol. The molecule has 0 atom stereocenters. The van der Waals surface area contributed by atoms with E-state index in [1.807, 2.05) is 11.8 Å². The molecule has 0 aromatic carbocycles. The monoisotopic (exact) mass is 293 g/mol. The lowest BCUT2D eigenvalue weighted by molar-refractivity contribution is 0.376. The fourth-order valence-corrected chi connectivity index (χ4v) is 5.60. The number of nitrogens with zero attached hydrogens (tertiary/aromatic N) is 1. The normalized spacial score (nSPS) is 12.3. The topological polar surface area (TPSA) is 20.3 Å². The molecule has 0 radical (unpaired) electrons. The summed E-state index contributed by atoms with van der Waals surface area (Å²) in [6.07, 6.45) is 9.61. The highest BCUT2D eigenvalue weighted by Gasteiger charge is 2.20. The highest BCUT2D eigenvalue weighted by Crippen LogP contribution is 2.47. The van der Waals surface area contributed by atoms with Crippen molar-refractivity contribution in [2.24, 2.45) is 0 Å². The molecule has 0 unspecified atom stereocenters. The second-order valence-corrected chi connectivity index (χ2v) is 9.68. The van der Waals surface area contributed by atoms with E-state index in [1.165, 1.54) is 18.6 Å². The van der Waals surface area contributed by atoms with E-state index in [-0.39, 0.29) is 0 Å². The van der Waals surface area contributed by atoms with Crippen molar-refractivity contribution < 1.29 is 4.57 Å². The Hall–Kier alpha value is 0.540. The third-order valence-corrected chi connectivity index (χ3v) is 7.27. The molecule has 0 aliphatic rings. The van der Waals surface area contributed by atoms with Gasteiger partial charge in [-0.05, 0) is 26.1 Å². The van der Waals surface area contributed by atoms with Gasteiger partial charge in [0, 0.05) is 37.3 Å². The predicted octanol–water partition coefficient (Wildman–Crippen LogP) is 4.24. The van der Waals surface area contributed by atoms with Gasteiger partial charge in [-0.2, -0.15) is 11.8 Å². The maximum Gasteiger partial charge on any atom is 0.0890 e. The van der Waals surface area contributed by atoms with Gasteiger partial charge in [0.2, 0.25) is 0 Å². The maximum absolute atomic E-state index is 12.9. The van der Waals surface area contributed by atoms with Crippen molar-refractivity contribution in [3.05, 3.63) is 0 Å². The van der Waals surface area contributed by atoms with Crippen LogP contribution in [-0.2, 0) is 4.57 Å². The van der Waals surface area contributed by atoms with E-state index in [9.17, 15) is 4.57 Å². The smallest absolute Gasteiger partial charge is 0.0890 e. The third kappa shape index (κ3) is 9.47. The molecule has 0 bridgehead atoms. The van der Waals surface area contributed by atoms with Gasteiger partial charge in [-0.15, -0.1) is 0 Å². The van der Waals surface area contributed by atoms with Crippen LogP contribution in [-0.4, -0.2) is 55.5 Å². The van der Waals surface area contributed by atoms with Crippen molar-refractivity contribution in [3.63, 3.8) is 0 Å². The number of rotatable bonds is 12. The van der Waals surface area contributed by atoms with Gasteiger partial charge in [0.05, 0.1) is 7.14 Å². The lowest BCUT2D eigenvalue weighted by Gasteiger charge is -2.22. The molecule has 4 heteroatoms. The second kappa shape index (κ2) is 11.4. The van der Waals surface area contributed by atoms with E-state index < -0.39 is 7.14 Å². The number of unbranched alkanes of at least 4 members (excludes halogenated alkanes) is 2. The lowest BCUT2D eigenvalue weighted by Crippen LogP contribution is -2.25. The van der Waals surface area contributed by atoms with Crippen LogP contribution < -0.4 is 0 Å². The molecular formula is C14H32NOPS. The molecule has 0 heterocycles. The first-order valence-electron chi connectivity index (χ1n) is 7.32. The summed E-state index contributed by atoms with van der Waals surface area (Å²) < 4.78 is 12.9. The summed E-state index contributed by atoms with van der Waals surface area (Å²) in [7, 11) is 0.266. The van der Waals surface area contributed by atoms with E-state index in [0.717, 1.165) is 44.4 Å². The summed E-state index contributed by atoms with van der Waals surface area (Å²) in [6.45, 7) is 6.50. The summed E-state index contributed by atoms with van der Waals surface area (Å²) in [5.74, 6) is 1.17. The Bertz CT molecular complexity index is 224. The van der Waals surface area contributed by atoms with Crippen LogP contribution in [0.3, 0.4) is 0 Å². The Morgan fingerprint density at radius 2 is 1.56 bits per heavy atom. The minimum absolute atomic E-state index is 0.928. The number of thioether (sulfide) groups is 1. The zero-order valence-corrected chi connectivity index (χ0v) is 14.5. The Morgan fingerprint density at radius 1 is 1.00 bits per heavy atom. The van der Waals surface area contributed by atoms with Crippen LogP contribution in [0.15, 0.2) is 0 Å². The first kappa shape index (κ1) is 18.5. The largest absolute Gasteiger partial charge is 0.324 e. The molecule has 0 spiro atoms. The average molecular weight is 293 g/mol. The van der Waals surface area contributed by atoms with Crippen molar-refractivity contribution in [1.82, 2.24) is 4.90 Å². The van der Waals surface area contributed by atoms with Gasteiger partial charge in [0.1, 0.15) is 0 Å². The van der Waals surface area contributed by atoms with Crippen LogP contribution >= 0.6 is 18.9 Å². The summed E-state index contributed by atoms with van der Waals surface area (Å²) in [4.78, 5) is 2.33. The van der Waals surface area contributed by atoms with Crippen molar-refractivity contribution >= 4 is 18.9 Å². The van der Waals surface area contributed by atoms with Crippen LogP contribution in [0.1, 0.15) is 39.5 Å².